The van der Waals surface area contributed by atoms with E-state index in [1.165, 1.54) is 36.9 Å². The second-order valence-electron chi connectivity index (χ2n) is 5.57. The zero-order chi connectivity index (χ0) is 13.3. The summed E-state index contributed by atoms with van der Waals surface area (Å²) in [6.07, 6.45) is 6.24. The molecule has 0 spiro atoms. The Bertz CT molecular complexity index is 551. The number of H-pyrrole nitrogens is 1. The van der Waals surface area contributed by atoms with Crippen LogP contribution in [-0.2, 0) is 5.41 Å². The van der Waals surface area contributed by atoms with Crippen LogP contribution in [0.15, 0.2) is 30.3 Å². The van der Waals surface area contributed by atoms with Gasteiger partial charge in [-0.25, -0.2) is 0 Å². The number of nitrogens with two attached hydrogens (primary N) is 1. The summed E-state index contributed by atoms with van der Waals surface area (Å²) < 4.78 is 0. The molecule has 0 radical (unpaired) electrons. The first-order chi connectivity index (χ1) is 9.27. The molecule has 3 N–H and O–H groups in total. The van der Waals surface area contributed by atoms with Gasteiger partial charge in [-0.15, -0.1) is 0 Å². The van der Waals surface area contributed by atoms with E-state index >= 15 is 0 Å². The lowest BCUT2D eigenvalue weighted by molar-refractivity contribution is 0.413. The van der Waals surface area contributed by atoms with Crippen LogP contribution in [0, 0.1) is 0 Å². The summed E-state index contributed by atoms with van der Waals surface area (Å²) in [5.41, 5.74) is 9.89. The molecule has 1 saturated carbocycles. The number of rotatable bonds is 3. The lowest BCUT2D eigenvalue weighted by atomic mass is 9.77. The number of hydrogen-bond acceptors (Lipinski definition) is 2. The van der Waals surface area contributed by atoms with Crippen molar-refractivity contribution < 1.29 is 0 Å². The normalized spacial score (nSPS) is 17.7. The van der Waals surface area contributed by atoms with Gasteiger partial charge in [-0.05, 0) is 24.8 Å². The fourth-order valence-electron chi connectivity index (χ4n) is 3.47. The van der Waals surface area contributed by atoms with Gasteiger partial charge in [0, 0.05) is 11.0 Å². The molecule has 3 heteroatoms. The summed E-state index contributed by atoms with van der Waals surface area (Å²) >= 11 is 0. The van der Waals surface area contributed by atoms with Gasteiger partial charge in [0.1, 0.15) is 0 Å². The first-order valence-corrected chi connectivity index (χ1v) is 7.16. The third-order valence-corrected chi connectivity index (χ3v) is 4.62. The van der Waals surface area contributed by atoms with Gasteiger partial charge in [-0.1, -0.05) is 50.1 Å². The van der Waals surface area contributed by atoms with Crippen LogP contribution in [-0.4, -0.2) is 10.2 Å². The molecule has 1 aromatic heterocycles. The summed E-state index contributed by atoms with van der Waals surface area (Å²) in [7, 11) is 0. The summed E-state index contributed by atoms with van der Waals surface area (Å²) in [6.45, 7) is 2.27. The van der Waals surface area contributed by atoms with Crippen molar-refractivity contribution in [3.8, 4) is 11.1 Å². The average molecular weight is 255 g/mol. The first-order valence-electron chi connectivity index (χ1n) is 7.16. The molecular weight excluding hydrogens is 234 g/mol. The Balaban J connectivity index is 2.13. The zero-order valence-electron chi connectivity index (χ0n) is 11.4. The Labute approximate surface area is 114 Å². The van der Waals surface area contributed by atoms with Crippen molar-refractivity contribution >= 4 is 5.82 Å². The van der Waals surface area contributed by atoms with Crippen LogP contribution >= 0.6 is 0 Å². The fraction of sp³-hybridized carbons (Fsp3) is 0.438. The maximum absolute atomic E-state index is 6.11. The molecule has 0 unspecified atom stereocenters. The molecule has 1 aliphatic carbocycles. The highest BCUT2D eigenvalue weighted by molar-refractivity contribution is 5.77. The minimum atomic E-state index is 0.246. The SMILES string of the molecule is CCC1(c2[nH]nc(N)c2-c2ccccc2)CCCC1. The van der Waals surface area contributed by atoms with E-state index in [9.17, 15) is 0 Å². The van der Waals surface area contributed by atoms with E-state index in [-0.39, 0.29) is 5.41 Å². The zero-order valence-corrected chi connectivity index (χ0v) is 11.4. The monoisotopic (exact) mass is 255 g/mol. The second kappa shape index (κ2) is 4.72. The van der Waals surface area contributed by atoms with Gasteiger partial charge >= 0.3 is 0 Å². The first kappa shape index (κ1) is 12.3. The second-order valence-corrected chi connectivity index (χ2v) is 5.57. The number of nitrogen functional groups attached to an aromatic ring is 1. The molecule has 0 atom stereocenters. The van der Waals surface area contributed by atoms with Gasteiger partial charge in [0.2, 0.25) is 0 Å². The topological polar surface area (TPSA) is 54.7 Å². The summed E-state index contributed by atoms with van der Waals surface area (Å²) in [5.74, 6) is 0.626. The van der Waals surface area contributed by atoms with Crippen LogP contribution in [0.1, 0.15) is 44.7 Å². The number of nitrogens with one attached hydrogen (secondary N) is 1. The summed E-state index contributed by atoms with van der Waals surface area (Å²) in [6, 6.07) is 10.4. The molecule has 1 aliphatic rings. The smallest absolute Gasteiger partial charge is 0.153 e. The molecule has 3 nitrogen and oxygen atoms in total. The van der Waals surface area contributed by atoms with E-state index < -0.39 is 0 Å². The van der Waals surface area contributed by atoms with Crippen molar-refractivity contribution in [2.45, 2.75) is 44.4 Å². The molecule has 100 valence electrons. The van der Waals surface area contributed by atoms with Gasteiger partial charge in [0.25, 0.3) is 0 Å². The van der Waals surface area contributed by atoms with Gasteiger partial charge in [-0.3, -0.25) is 5.10 Å². The quantitative estimate of drug-likeness (QED) is 0.874. The number of anilines is 1. The minimum absolute atomic E-state index is 0.246. The maximum Gasteiger partial charge on any atom is 0.153 e. The van der Waals surface area contributed by atoms with E-state index in [2.05, 4.69) is 41.4 Å². The average Bonchev–Trinajstić information content (AvgIpc) is 3.07. The fourth-order valence-corrected chi connectivity index (χ4v) is 3.47. The lowest BCUT2D eigenvalue weighted by Gasteiger charge is -2.27. The molecule has 1 aromatic carbocycles. The van der Waals surface area contributed by atoms with Gasteiger partial charge in [0.15, 0.2) is 5.82 Å². The Morgan fingerprint density at radius 1 is 1.21 bits per heavy atom. The van der Waals surface area contributed by atoms with E-state index in [0.717, 1.165) is 12.0 Å². The Hall–Kier alpha value is -1.77. The molecule has 0 bridgehead atoms. The number of aromatic nitrogens is 2. The number of aromatic amines is 1. The summed E-state index contributed by atoms with van der Waals surface area (Å²) in [4.78, 5) is 0. The number of nitrogens with zero attached hydrogens (tertiary/aromatic N) is 1. The van der Waals surface area contributed by atoms with Gasteiger partial charge in [-0.2, -0.15) is 5.10 Å². The van der Waals surface area contributed by atoms with Crippen LogP contribution < -0.4 is 5.73 Å². The summed E-state index contributed by atoms with van der Waals surface area (Å²) in [5, 5.41) is 7.51. The van der Waals surface area contributed by atoms with Crippen LogP contribution in [0.3, 0.4) is 0 Å². The highest BCUT2D eigenvalue weighted by Gasteiger charge is 2.38. The largest absolute Gasteiger partial charge is 0.382 e. The minimum Gasteiger partial charge on any atom is -0.382 e. The van der Waals surface area contributed by atoms with E-state index in [4.69, 9.17) is 5.73 Å². The maximum atomic E-state index is 6.11. The Morgan fingerprint density at radius 2 is 1.89 bits per heavy atom. The molecule has 0 aliphatic heterocycles. The van der Waals surface area contributed by atoms with Gasteiger partial charge in [0.05, 0.1) is 5.69 Å². The van der Waals surface area contributed by atoms with Crippen LogP contribution in [0.5, 0.6) is 0 Å². The molecular formula is C16H21N3. The van der Waals surface area contributed by atoms with E-state index in [1.807, 2.05) is 6.07 Å². The molecule has 19 heavy (non-hydrogen) atoms. The third kappa shape index (κ3) is 1.93. The molecule has 3 rings (SSSR count). The van der Waals surface area contributed by atoms with Crippen molar-refractivity contribution in [3.63, 3.8) is 0 Å². The van der Waals surface area contributed by atoms with Crippen molar-refractivity contribution in [2.75, 3.05) is 5.73 Å². The predicted octanol–water partition coefficient (Wildman–Crippen LogP) is 3.88. The third-order valence-electron chi connectivity index (χ3n) is 4.62. The van der Waals surface area contributed by atoms with Crippen molar-refractivity contribution in [1.29, 1.82) is 0 Å². The number of benzene rings is 1. The van der Waals surface area contributed by atoms with Gasteiger partial charge < -0.3 is 5.73 Å². The van der Waals surface area contributed by atoms with Crippen LogP contribution in [0.4, 0.5) is 5.82 Å². The Morgan fingerprint density at radius 3 is 2.53 bits per heavy atom. The highest BCUT2D eigenvalue weighted by Crippen LogP contribution is 2.47. The van der Waals surface area contributed by atoms with Crippen molar-refractivity contribution in [2.24, 2.45) is 0 Å². The standard InChI is InChI=1S/C16H21N3/c1-2-16(10-6-7-11-16)14-13(15(17)19-18-14)12-8-4-3-5-9-12/h3-5,8-9H,2,6-7,10-11H2,1H3,(H3,17,18,19). The van der Waals surface area contributed by atoms with Crippen LogP contribution in [0.25, 0.3) is 11.1 Å². The van der Waals surface area contributed by atoms with E-state index in [0.29, 0.717) is 5.82 Å². The van der Waals surface area contributed by atoms with Crippen molar-refractivity contribution in [1.82, 2.24) is 10.2 Å². The molecule has 0 amide bonds. The number of hydrogen-bond donors (Lipinski definition) is 2. The van der Waals surface area contributed by atoms with E-state index in [1.54, 1.807) is 0 Å². The molecule has 1 heterocycles. The molecule has 2 aromatic rings. The van der Waals surface area contributed by atoms with Crippen molar-refractivity contribution in [3.05, 3.63) is 36.0 Å². The van der Waals surface area contributed by atoms with Crippen LogP contribution in [0.2, 0.25) is 0 Å². The molecule has 0 saturated heterocycles. The Kier molecular flexibility index (Phi) is 3.05. The lowest BCUT2D eigenvalue weighted by Crippen LogP contribution is -2.22. The molecule has 1 fully saturated rings. The predicted molar refractivity (Wildman–Crippen MR) is 78.9 cm³/mol. The highest BCUT2D eigenvalue weighted by atomic mass is 15.2.